The van der Waals surface area contributed by atoms with Gasteiger partial charge in [-0.2, -0.15) is 0 Å². The van der Waals surface area contributed by atoms with Crippen molar-refractivity contribution in [3.8, 4) is 0 Å². The lowest BCUT2D eigenvalue weighted by atomic mass is 9.86. The molecule has 1 atom stereocenters. The second-order valence-corrected chi connectivity index (χ2v) is 7.26. The Hall–Kier alpha value is -2.83. The highest BCUT2D eigenvalue weighted by molar-refractivity contribution is 5.97. The lowest BCUT2D eigenvalue weighted by molar-refractivity contribution is -0.139. The Kier molecular flexibility index (Phi) is 5.93. The largest absolute Gasteiger partial charge is 0.480 e. The number of carbonyl (C=O) groups is 2. The second kappa shape index (κ2) is 7.82. The molecule has 4 nitrogen and oxygen atoms in total. The first-order valence-electron chi connectivity index (χ1n) is 8.26. The highest BCUT2D eigenvalue weighted by Gasteiger charge is 2.25. The van der Waals surface area contributed by atoms with E-state index in [-0.39, 0.29) is 11.8 Å². The van der Waals surface area contributed by atoms with Gasteiger partial charge in [0.2, 0.25) is 0 Å². The molecule has 0 heterocycles. The fourth-order valence-electron chi connectivity index (χ4n) is 2.57. The summed E-state index contributed by atoms with van der Waals surface area (Å²) in [5.41, 5.74) is 0.593. The van der Waals surface area contributed by atoms with Gasteiger partial charge in [0, 0.05) is 18.6 Å². The molecule has 0 saturated heterocycles. The molecule has 27 heavy (non-hydrogen) atoms. The number of hydrogen-bond donors (Lipinski definition) is 2. The molecule has 144 valence electrons. The van der Waals surface area contributed by atoms with Gasteiger partial charge in [0.1, 0.15) is 29.1 Å². The van der Waals surface area contributed by atoms with Gasteiger partial charge < -0.3 is 10.4 Å². The first kappa shape index (κ1) is 20.5. The third-order valence-electron chi connectivity index (χ3n) is 4.10. The molecule has 0 fully saturated rings. The fraction of sp³-hybridized carbons (Fsp3) is 0.300. The van der Waals surface area contributed by atoms with E-state index in [0.717, 1.165) is 5.56 Å². The Balaban J connectivity index is 2.19. The number of benzene rings is 2. The number of carbonyl (C=O) groups excluding carboxylic acids is 1. The predicted octanol–water partition coefficient (Wildman–Crippen LogP) is 3.83. The van der Waals surface area contributed by atoms with Gasteiger partial charge in [-0.15, -0.1) is 0 Å². The van der Waals surface area contributed by atoms with Gasteiger partial charge in [-0.1, -0.05) is 45.0 Å². The van der Waals surface area contributed by atoms with Crippen molar-refractivity contribution in [3.05, 3.63) is 70.5 Å². The van der Waals surface area contributed by atoms with Gasteiger partial charge >= 0.3 is 5.97 Å². The van der Waals surface area contributed by atoms with Crippen LogP contribution in [0.1, 0.15) is 42.3 Å². The molecular weight excluding hydrogens is 359 g/mol. The van der Waals surface area contributed by atoms with Crippen LogP contribution in [-0.4, -0.2) is 23.0 Å². The molecule has 0 aliphatic carbocycles. The maximum atomic E-state index is 13.7. The summed E-state index contributed by atoms with van der Waals surface area (Å²) in [4.78, 5) is 23.6. The van der Waals surface area contributed by atoms with E-state index in [1.54, 1.807) is 12.1 Å². The van der Waals surface area contributed by atoms with Crippen LogP contribution >= 0.6 is 0 Å². The van der Waals surface area contributed by atoms with Crippen molar-refractivity contribution in [2.24, 2.45) is 0 Å². The summed E-state index contributed by atoms with van der Waals surface area (Å²) < 4.78 is 40.4. The van der Waals surface area contributed by atoms with E-state index in [4.69, 9.17) is 0 Å². The minimum Gasteiger partial charge on any atom is -0.480 e. The highest BCUT2D eigenvalue weighted by Crippen LogP contribution is 2.22. The molecule has 2 rings (SSSR count). The molecule has 0 aromatic heterocycles. The monoisotopic (exact) mass is 379 g/mol. The van der Waals surface area contributed by atoms with Crippen molar-refractivity contribution in [3.63, 3.8) is 0 Å². The van der Waals surface area contributed by atoms with Crippen LogP contribution in [0.3, 0.4) is 0 Å². The topological polar surface area (TPSA) is 66.4 Å². The summed E-state index contributed by atoms with van der Waals surface area (Å²) in [6.45, 7) is 6.11. The average Bonchev–Trinajstić information content (AvgIpc) is 2.52. The zero-order valence-corrected chi connectivity index (χ0v) is 15.1. The maximum Gasteiger partial charge on any atom is 0.326 e. The van der Waals surface area contributed by atoms with E-state index in [1.165, 1.54) is 0 Å². The average molecular weight is 379 g/mol. The Morgan fingerprint density at radius 1 is 1.04 bits per heavy atom. The van der Waals surface area contributed by atoms with Gasteiger partial charge in [0.15, 0.2) is 0 Å². The van der Waals surface area contributed by atoms with Crippen LogP contribution in [0.5, 0.6) is 0 Å². The van der Waals surface area contributed by atoms with Gasteiger partial charge in [-0.25, -0.2) is 18.0 Å². The van der Waals surface area contributed by atoms with Gasteiger partial charge in [-0.3, -0.25) is 4.79 Å². The number of hydrogen-bond acceptors (Lipinski definition) is 2. The lowest BCUT2D eigenvalue weighted by Gasteiger charge is -2.20. The Labute approximate surface area is 155 Å². The molecule has 0 spiro atoms. The molecule has 1 amide bonds. The SMILES string of the molecule is CC(C)(C)c1ccc(C[C@@H](NC(=O)c2c(F)cc(F)cc2F)C(=O)O)cc1. The number of amides is 1. The van der Waals surface area contributed by atoms with Crippen molar-refractivity contribution in [1.82, 2.24) is 5.32 Å². The first-order valence-corrected chi connectivity index (χ1v) is 8.26. The zero-order valence-electron chi connectivity index (χ0n) is 15.1. The smallest absolute Gasteiger partial charge is 0.326 e. The Morgan fingerprint density at radius 2 is 1.56 bits per heavy atom. The summed E-state index contributed by atoms with van der Waals surface area (Å²) in [5.74, 6) is -6.59. The predicted molar refractivity (Wildman–Crippen MR) is 94.1 cm³/mol. The van der Waals surface area contributed by atoms with Crippen LogP contribution < -0.4 is 5.32 Å². The normalized spacial score (nSPS) is 12.5. The third-order valence-corrected chi connectivity index (χ3v) is 4.10. The number of rotatable bonds is 5. The molecule has 0 saturated carbocycles. The van der Waals surface area contributed by atoms with E-state index in [0.29, 0.717) is 17.7 Å². The van der Waals surface area contributed by atoms with E-state index in [2.05, 4.69) is 5.32 Å². The molecule has 2 aromatic carbocycles. The quantitative estimate of drug-likeness (QED) is 0.830. The van der Waals surface area contributed by atoms with Crippen LogP contribution in [0.15, 0.2) is 36.4 Å². The fourth-order valence-corrected chi connectivity index (χ4v) is 2.57. The van der Waals surface area contributed by atoms with Crippen LogP contribution in [0, 0.1) is 17.5 Å². The summed E-state index contributed by atoms with van der Waals surface area (Å²) >= 11 is 0. The van der Waals surface area contributed by atoms with Crippen molar-refractivity contribution >= 4 is 11.9 Å². The van der Waals surface area contributed by atoms with E-state index in [9.17, 15) is 27.9 Å². The van der Waals surface area contributed by atoms with Crippen LogP contribution in [-0.2, 0) is 16.6 Å². The van der Waals surface area contributed by atoms with Crippen molar-refractivity contribution in [1.29, 1.82) is 0 Å². The first-order chi connectivity index (χ1) is 12.5. The highest BCUT2D eigenvalue weighted by atomic mass is 19.1. The van der Waals surface area contributed by atoms with Crippen LogP contribution in [0.25, 0.3) is 0 Å². The number of carboxylic acid groups (broad SMARTS) is 1. The van der Waals surface area contributed by atoms with E-state index >= 15 is 0 Å². The molecule has 0 radical (unpaired) electrons. The number of nitrogens with one attached hydrogen (secondary N) is 1. The third kappa shape index (κ3) is 5.09. The molecule has 0 unspecified atom stereocenters. The lowest BCUT2D eigenvalue weighted by Crippen LogP contribution is -2.43. The number of halogens is 3. The minimum atomic E-state index is -1.40. The molecule has 0 aliphatic heterocycles. The van der Waals surface area contributed by atoms with Gasteiger partial charge in [-0.05, 0) is 16.5 Å². The van der Waals surface area contributed by atoms with Gasteiger partial charge in [0.05, 0.1) is 0 Å². The van der Waals surface area contributed by atoms with Crippen LogP contribution in [0.4, 0.5) is 13.2 Å². The molecular formula is C20H20F3NO3. The number of carboxylic acids is 1. The maximum absolute atomic E-state index is 13.7. The standard InChI is InChI=1S/C20H20F3NO3/c1-20(2,3)12-6-4-11(5-7-12)8-16(19(26)27)24-18(25)17-14(22)9-13(21)10-15(17)23/h4-7,9-10,16H,8H2,1-3H3,(H,24,25)(H,26,27)/t16-/m1/s1. The molecule has 0 aliphatic rings. The summed E-state index contributed by atoms with van der Waals surface area (Å²) in [5, 5.41) is 11.4. The molecule has 0 bridgehead atoms. The minimum absolute atomic E-state index is 0.0728. The van der Waals surface area contributed by atoms with E-state index in [1.807, 2.05) is 32.9 Å². The Morgan fingerprint density at radius 3 is 2.00 bits per heavy atom. The van der Waals surface area contributed by atoms with E-state index < -0.39 is 40.9 Å². The summed E-state index contributed by atoms with van der Waals surface area (Å²) in [6, 6.07) is 6.51. The summed E-state index contributed by atoms with van der Waals surface area (Å²) in [7, 11) is 0. The van der Waals surface area contributed by atoms with Crippen molar-refractivity contribution in [2.45, 2.75) is 38.6 Å². The number of aliphatic carboxylic acids is 1. The Bertz CT molecular complexity index is 835. The molecule has 2 aromatic rings. The second-order valence-electron chi connectivity index (χ2n) is 7.26. The summed E-state index contributed by atoms with van der Waals surface area (Å²) in [6.07, 6.45) is -0.0735. The zero-order chi connectivity index (χ0) is 20.4. The van der Waals surface area contributed by atoms with Crippen molar-refractivity contribution in [2.75, 3.05) is 0 Å². The van der Waals surface area contributed by atoms with Crippen LogP contribution in [0.2, 0.25) is 0 Å². The van der Waals surface area contributed by atoms with Gasteiger partial charge in [0.25, 0.3) is 5.91 Å². The van der Waals surface area contributed by atoms with Crippen molar-refractivity contribution < 1.29 is 27.9 Å². The molecule has 2 N–H and O–H groups in total. The molecule has 7 heteroatoms.